The highest BCUT2D eigenvalue weighted by Crippen LogP contribution is 2.24. The monoisotopic (exact) mass is 281 g/mol. The van der Waals surface area contributed by atoms with Gasteiger partial charge in [-0.15, -0.1) is 11.6 Å². The Morgan fingerprint density at radius 2 is 2.00 bits per heavy atom. The molecule has 1 saturated heterocycles. The van der Waals surface area contributed by atoms with E-state index in [1.165, 1.54) is 0 Å². The molecule has 0 bridgehead atoms. The number of nitrogens with zero attached hydrogens (tertiary/aromatic N) is 1. The molecule has 0 aromatic heterocycles. The Bertz CT molecular complexity index is 335. The summed E-state index contributed by atoms with van der Waals surface area (Å²) in [7, 11) is -3.08. The summed E-state index contributed by atoms with van der Waals surface area (Å²) in [5.74, 6) is 1.14. The van der Waals surface area contributed by atoms with Gasteiger partial charge in [0.1, 0.15) is 0 Å². The fourth-order valence-electron chi connectivity index (χ4n) is 1.97. The highest BCUT2D eigenvalue weighted by molar-refractivity contribution is 7.89. The van der Waals surface area contributed by atoms with Gasteiger partial charge in [0.25, 0.3) is 0 Å². The molecule has 1 fully saturated rings. The molecule has 0 aromatic rings. The number of halogens is 1. The van der Waals surface area contributed by atoms with Gasteiger partial charge < -0.3 is 0 Å². The summed E-state index contributed by atoms with van der Waals surface area (Å²) in [6.45, 7) is 7.48. The van der Waals surface area contributed by atoms with Crippen LogP contribution in [0, 0.1) is 11.3 Å². The second-order valence-electron chi connectivity index (χ2n) is 6.15. The van der Waals surface area contributed by atoms with Gasteiger partial charge >= 0.3 is 0 Å². The molecule has 1 heterocycles. The quantitative estimate of drug-likeness (QED) is 0.743. The summed E-state index contributed by atoms with van der Waals surface area (Å²) in [6.07, 6.45) is 2.69. The smallest absolute Gasteiger partial charge is 0.212 e. The zero-order valence-corrected chi connectivity index (χ0v) is 12.6. The third-order valence-corrected chi connectivity index (χ3v) is 5.48. The average Bonchev–Trinajstić information content (AvgIpc) is 2.26. The van der Waals surface area contributed by atoms with Crippen molar-refractivity contribution in [3.8, 4) is 0 Å². The van der Waals surface area contributed by atoms with E-state index in [1.54, 1.807) is 4.31 Å². The molecule has 1 atom stereocenters. The van der Waals surface area contributed by atoms with E-state index in [0.717, 1.165) is 12.8 Å². The minimum Gasteiger partial charge on any atom is -0.212 e. The fraction of sp³-hybridized carbons (Fsp3) is 1.00. The summed E-state index contributed by atoms with van der Waals surface area (Å²) in [5, 5.41) is 0. The van der Waals surface area contributed by atoms with Crippen LogP contribution in [0.25, 0.3) is 0 Å². The standard InChI is InChI=1S/C12H24ClNO2S/c1-12(2,3)6-8-17(15,16)14-7-4-5-11(9-13)10-14/h11H,4-10H2,1-3H3. The number of piperidine rings is 1. The molecule has 1 aliphatic rings. The number of hydrogen-bond donors (Lipinski definition) is 0. The van der Waals surface area contributed by atoms with Gasteiger partial charge in [0.2, 0.25) is 10.0 Å². The normalized spacial score (nSPS) is 23.9. The Morgan fingerprint density at radius 1 is 1.35 bits per heavy atom. The number of sulfonamides is 1. The molecule has 102 valence electrons. The summed E-state index contributed by atoms with van der Waals surface area (Å²) >= 11 is 5.82. The second-order valence-corrected chi connectivity index (χ2v) is 8.54. The van der Waals surface area contributed by atoms with Gasteiger partial charge in [-0.2, -0.15) is 0 Å². The van der Waals surface area contributed by atoms with Crippen molar-refractivity contribution >= 4 is 21.6 Å². The number of rotatable bonds is 4. The van der Waals surface area contributed by atoms with Crippen molar-refractivity contribution in [3.05, 3.63) is 0 Å². The third kappa shape index (κ3) is 5.14. The molecule has 3 nitrogen and oxygen atoms in total. The van der Waals surface area contributed by atoms with Crippen LogP contribution in [-0.4, -0.2) is 37.4 Å². The Kier molecular flexibility index (Phi) is 5.29. The topological polar surface area (TPSA) is 37.4 Å². The van der Waals surface area contributed by atoms with Gasteiger partial charge in [-0.1, -0.05) is 20.8 Å². The molecule has 5 heteroatoms. The van der Waals surface area contributed by atoms with E-state index in [4.69, 9.17) is 11.6 Å². The summed E-state index contributed by atoms with van der Waals surface area (Å²) < 4.78 is 26.0. The Hall–Kier alpha value is 0.200. The van der Waals surface area contributed by atoms with Crippen LogP contribution in [-0.2, 0) is 10.0 Å². The number of alkyl halides is 1. The zero-order valence-electron chi connectivity index (χ0n) is 11.1. The zero-order chi connectivity index (χ0) is 13.1. The highest BCUT2D eigenvalue weighted by Gasteiger charge is 2.29. The molecule has 17 heavy (non-hydrogen) atoms. The Balaban J connectivity index is 2.57. The van der Waals surface area contributed by atoms with Crippen LogP contribution in [0.2, 0.25) is 0 Å². The van der Waals surface area contributed by atoms with Crippen molar-refractivity contribution in [3.63, 3.8) is 0 Å². The predicted molar refractivity (Wildman–Crippen MR) is 72.9 cm³/mol. The van der Waals surface area contributed by atoms with E-state index >= 15 is 0 Å². The first-order valence-electron chi connectivity index (χ1n) is 6.28. The highest BCUT2D eigenvalue weighted by atomic mass is 35.5. The van der Waals surface area contributed by atoms with Crippen LogP contribution in [0.4, 0.5) is 0 Å². The van der Waals surface area contributed by atoms with Gasteiger partial charge in [0, 0.05) is 19.0 Å². The molecule has 1 aliphatic heterocycles. The van der Waals surface area contributed by atoms with Crippen LogP contribution in [0.5, 0.6) is 0 Å². The molecule has 0 aromatic carbocycles. The van der Waals surface area contributed by atoms with Crippen molar-refractivity contribution in [2.75, 3.05) is 24.7 Å². The van der Waals surface area contributed by atoms with E-state index in [2.05, 4.69) is 20.8 Å². The van der Waals surface area contributed by atoms with Crippen molar-refractivity contribution in [1.82, 2.24) is 4.31 Å². The lowest BCUT2D eigenvalue weighted by Gasteiger charge is -2.31. The van der Waals surface area contributed by atoms with E-state index in [1.807, 2.05) is 0 Å². The largest absolute Gasteiger partial charge is 0.214 e. The van der Waals surface area contributed by atoms with Gasteiger partial charge in [-0.05, 0) is 30.6 Å². The van der Waals surface area contributed by atoms with E-state index in [-0.39, 0.29) is 11.2 Å². The Labute approximate surface area is 111 Å². The van der Waals surface area contributed by atoms with Crippen LogP contribution < -0.4 is 0 Å². The molecule has 0 N–H and O–H groups in total. The maximum atomic E-state index is 12.2. The van der Waals surface area contributed by atoms with Crippen LogP contribution in [0.15, 0.2) is 0 Å². The molecule has 1 rings (SSSR count). The van der Waals surface area contributed by atoms with Gasteiger partial charge in [-0.3, -0.25) is 0 Å². The predicted octanol–water partition coefficient (Wildman–Crippen LogP) is 2.70. The first-order valence-corrected chi connectivity index (χ1v) is 8.43. The molecule has 0 saturated carbocycles. The average molecular weight is 282 g/mol. The van der Waals surface area contributed by atoms with Crippen LogP contribution in [0.3, 0.4) is 0 Å². The summed E-state index contributed by atoms with van der Waals surface area (Å²) in [5.41, 5.74) is 0.0642. The molecule has 1 unspecified atom stereocenters. The second kappa shape index (κ2) is 5.89. The van der Waals surface area contributed by atoms with Crippen LogP contribution in [0.1, 0.15) is 40.0 Å². The Morgan fingerprint density at radius 3 is 2.53 bits per heavy atom. The molecular formula is C12H24ClNO2S. The van der Waals surface area contributed by atoms with Gasteiger partial charge in [0.05, 0.1) is 5.75 Å². The fourth-order valence-corrected chi connectivity index (χ4v) is 4.20. The third-order valence-electron chi connectivity index (χ3n) is 3.20. The molecule has 0 radical (unpaired) electrons. The minimum atomic E-state index is -3.08. The first-order chi connectivity index (χ1) is 7.74. The van der Waals surface area contributed by atoms with Gasteiger partial charge in [-0.25, -0.2) is 12.7 Å². The number of hydrogen-bond acceptors (Lipinski definition) is 2. The SMILES string of the molecule is CC(C)(C)CCS(=O)(=O)N1CCCC(CCl)C1. The van der Waals surface area contributed by atoms with Crippen molar-refractivity contribution in [2.24, 2.45) is 11.3 Å². The van der Waals surface area contributed by atoms with E-state index in [9.17, 15) is 8.42 Å². The lowest BCUT2D eigenvalue weighted by molar-refractivity contribution is 0.281. The maximum absolute atomic E-state index is 12.2. The maximum Gasteiger partial charge on any atom is 0.214 e. The van der Waals surface area contributed by atoms with Crippen molar-refractivity contribution < 1.29 is 8.42 Å². The lowest BCUT2D eigenvalue weighted by Crippen LogP contribution is -2.42. The van der Waals surface area contributed by atoms with Crippen molar-refractivity contribution in [2.45, 2.75) is 40.0 Å². The first kappa shape index (κ1) is 15.3. The summed E-state index contributed by atoms with van der Waals surface area (Å²) in [4.78, 5) is 0. The van der Waals surface area contributed by atoms with E-state index < -0.39 is 10.0 Å². The molecule has 0 aliphatic carbocycles. The molecule has 0 spiro atoms. The minimum absolute atomic E-state index is 0.0642. The van der Waals surface area contributed by atoms with Gasteiger partial charge in [0.15, 0.2) is 0 Å². The molecule has 0 amide bonds. The summed E-state index contributed by atoms with van der Waals surface area (Å²) in [6, 6.07) is 0. The molecular weight excluding hydrogens is 258 g/mol. The lowest BCUT2D eigenvalue weighted by atomic mass is 9.94. The van der Waals surface area contributed by atoms with Crippen LogP contribution >= 0.6 is 11.6 Å². The van der Waals surface area contributed by atoms with E-state index in [0.29, 0.717) is 31.3 Å². The van der Waals surface area contributed by atoms with Crippen molar-refractivity contribution in [1.29, 1.82) is 0 Å².